The fourth-order valence-corrected chi connectivity index (χ4v) is 3.76. The number of aromatic nitrogens is 2. The molecule has 8 heteroatoms. The average molecular weight is 366 g/mol. The number of H-pyrrole nitrogens is 1. The minimum atomic E-state index is -0.245. The van der Waals surface area contributed by atoms with E-state index in [1.165, 1.54) is 5.01 Å². The third-order valence-corrected chi connectivity index (χ3v) is 5.33. The zero-order valence-electron chi connectivity index (χ0n) is 15.4. The summed E-state index contributed by atoms with van der Waals surface area (Å²) >= 11 is 0. The highest BCUT2D eigenvalue weighted by molar-refractivity contribution is 6.29. The number of nitrogens with zero attached hydrogens (tertiary/aromatic N) is 4. The van der Waals surface area contributed by atoms with E-state index in [4.69, 9.17) is 5.73 Å². The molecule has 0 radical (unpaired) electrons. The van der Waals surface area contributed by atoms with E-state index in [0.717, 1.165) is 16.7 Å². The van der Waals surface area contributed by atoms with E-state index in [9.17, 15) is 9.59 Å². The second-order valence-corrected chi connectivity index (χ2v) is 7.00. The second-order valence-electron chi connectivity index (χ2n) is 7.00. The number of hydrazone groups is 1. The Hall–Kier alpha value is -3.16. The number of rotatable bonds is 3. The topological polar surface area (TPSA) is 108 Å². The van der Waals surface area contributed by atoms with E-state index in [2.05, 4.69) is 20.0 Å². The Morgan fingerprint density at radius 1 is 1.26 bits per heavy atom. The Bertz CT molecular complexity index is 948. The number of hydrogen-bond acceptors (Lipinski definition) is 5. The first-order valence-electron chi connectivity index (χ1n) is 9.05. The number of fused-ring (bicyclic) bond motifs is 1. The van der Waals surface area contributed by atoms with Crippen LogP contribution in [0.1, 0.15) is 26.7 Å². The van der Waals surface area contributed by atoms with E-state index in [1.54, 1.807) is 0 Å². The molecular formula is C19H22N6O2. The number of nitrogens with two attached hydrogens (primary N) is 1. The third-order valence-electron chi connectivity index (χ3n) is 5.33. The summed E-state index contributed by atoms with van der Waals surface area (Å²) in [5, 5.41) is 5.75. The van der Waals surface area contributed by atoms with Gasteiger partial charge >= 0.3 is 0 Å². The first kappa shape index (κ1) is 17.3. The van der Waals surface area contributed by atoms with E-state index >= 15 is 0 Å². The van der Waals surface area contributed by atoms with Crippen molar-refractivity contribution in [3.05, 3.63) is 35.5 Å². The van der Waals surface area contributed by atoms with E-state index in [0.29, 0.717) is 43.2 Å². The zero-order valence-corrected chi connectivity index (χ0v) is 15.4. The molecule has 0 aliphatic carbocycles. The van der Waals surface area contributed by atoms with Crippen LogP contribution in [-0.2, 0) is 9.59 Å². The number of carbonyl (C=O) groups is 2. The number of allylic oxidation sites excluding steroid dienone is 1. The summed E-state index contributed by atoms with van der Waals surface area (Å²) in [5.74, 6) is -0.109. The molecule has 2 amide bonds. The average Bonchev–Trinajstić information content (AvgIpc) is 3.21. The van der Waals surface area contributed by atoms with Crippen molar-refractivity contribution in [1.29, 1.82) is 0 Å². The smallest absolute Gasteiger partial charge is 0.285 e. The van der Waals surface area contributed by atoms with Crippen molar-refractivity contribution in [3.63, 3.8) is 0 Å². The lowest BCUT2D eigenvalue weighted by atomic mass is 9.95. The molecule has 1 saturated heterocycles. The number of piperidine rings is 1. The summed E-state index contributed by atoms with van der Waals surface area (Å²) in [6.45, 7) is 5.16. The van der Waals surface area contributed by atoms with Crippen LogP contribution in [0.4, 0.5) is 5.95 Å². The Balaban J connectivity index is 1.59. The molecule has 0 atom stereocenters. The molecule has 8 nitrogen and oxygen atoms in total. The number of hydrogen-bond donors (Lipinski definition) is 2. The molecule has 3 N–H and O–H groups in total. The maximum atomic E-state index is 13.0. The number of likely N-dealkylation sites (tertiary alicyclic amines) is 1. The first-order valence-corrected chi connectivity index (χ1v) is 9.05. The van der Waals surface area contributed by atoms with Crippen molar-refractivity contribution in [2.24, 2.45) is 16.8 Å². The van der Waals surface area contributed by atoms with Gasteiger partial charge in [-0.3, -0.25) is 9.59 Å². The van der Waals surface area contributed by atoms with E-state index in [1.807, 2.05) is 38.1 Å². The highest BCUT2D eigenvalue weighted by Gasteiger charge is 2.34. The van der Waals surface area contributed by atoms with Crippen LogP contribution in [0.25, 0.3) is 11.0 Å². The summed E-state index contributed by atoms with van der Waals surface area (Å²) in [6, 6.07) is 7.61. The Morgan fingerprint density at radius 3 is 2.63 bits per heavy atom. The molecule has 3 heterocycles. The predicted molar refractivity (Wildman–Crippen MR) is 103 cm³/mol. The van der Waals surface area contributed by atoms with Crippen LogP contribution >= 0.6 is 0 Å². The number of imidazole rings is 1. The van der Waals surface area contributed by atoms with Crippen molar-refractivity contribution in [1.82, 2.24) is 14.9 Å². The molecule has 2 aliphatic rings. The van der Waals surface area contributed by atoms with Crippen LogP contribution in [0.5, 0.6) is 0 Å². The molecular weight excluding hydrogens is 344 g/mol. The quantitative estimate of drug-likeness (QED) is 0.807. The van der Waals surface area contributed by atoms with Crippen LogP contribution in [0, 0.1) is 5.92 Å². The monoisotopic (exact) mass is 366 g/mol. The Kier molecular flexibility index (Phi) is 4.18. The van der Waals surface area contributed by atoms with E-state index in [-0.39, 0.29) is 17.7 Å². The maximum Gasteiger partial charge on any atom is 0.285 e. The van der Waals surface area contributed by atoms with Gasteiger partial charge in [0.1, 0.15) is 0 Å². The number of amides is 2. The molecule has 1 aromatic heterocycles. The predicted octanol–water partition coefficient (Wildman–Crippen LogP) is 1.76. The maximum absolute atomic E-state index is 13.0. The van der Waals surface area contributed by atoms with Crippen LogP contribution in [0.2, 0.25) is 0 Å². The highest BCUT2D eigenvalue weighted by atomic mass is 16.2. The molecule has 0 spiro atoms. The van der Waals surface area contributed by atoms with E-state index < -0.39 is 0 Å². The number of primary amides is 1. The van der Waals surface area contributed by atoms with Crippen LogP contribution < -0.4 is 10.7 Å². The molecule has 27 heavy (non-hydrogen) atoms. The Morgan fingerprint density at radius 2 is 1.96 bits per heavy atom. The first-order chi connectivity index (χ1) is 13.0. The molecule has 1 fully saturated rings. The van der Waals surface area contributed by atoms with Gasteiger partial charge in [-0.05, 0) is 38.8 Å². The number of nitrogens with one attached hydrogen (secondary N) is 1. The summed E-state index contributed by atoms with van der Waals surface area (Å²) in [6.07, 6.45) is 1.41. The van der Waals surface area contributed by atoms with Crippen molar-refractivity contribution < 1.29 is 9.59 Å². The molecule has 2 aromatic rings. The van der Waals surface area contributed by atoms with Crippen LogP contribution in [-0.4, -0.2) is 45.5 Å². The van der Waals surface area contributed by atoms with Crippen molar-refractivity contribution in [2.45, 2.75) is 26.7 Å². The van der Waals surface area contributed by atoms with Gasteiger partial charge in [0.15, 0.2) is 0 Å². The Labute approximate surface area is 156 Å². The van der Waals surface area contributed by atoms with Crippen molar-refractivity contribution >= 4 is 34.5 Å². The van der Waals surface area contributed by atoms with Crippen LogP contribution in [0.15, 0.2) is 40.6 Å². The number of para-hydroxylation sites is 2. The number of anilines is 1. The SMILES string of the molecule is CC1=NN(c2nc3ccccc3[nH]2)C(=O)/C1=C(/C)N1CCC(C(N)=O)CC1. The molecule has 2 aliphatic heterocycles. The van der Waals surface area contributed by atoms with Gasteiger partial charge in [0.05, 0.1) is 22.3 Å². The standard InChI is InChI=1S/C19H22N6O2/c1-11-16(12(2)24-9-7-13(8-10-24)17(20)26)18(27)25(23-11)19-21-14-5-3-4-6-15(14)22-19/h3-6,13H,7-10H2,1-2H3,(H2,20,26)(H,21,22)/b16-12-. The summed E-state index contributed by atoms with van der Waals surface area (Å²) in [5.41, 5.74) is 9.19. The molecule has 0 bridgehead atoms. The lowest BCUT2D eigenvalue weighted by Gasteiger charge is -2.33. The molecule has 1 aromatic carbocycles. The number of carbonyl (C=O) groups excluding carboxylic acids is 2. The normalized spacial score (nSPS) is 20.4. The number of benzene rings is 1. The summed E-state index contributed by atoms with van der Waals surface area (Å²) < 4.78 is 0. The fraction of sp³-hybridized carbons (Fsp3) is 0.368. The largest absolute Gasteiger partial charge is 0.374 e. The molecule has 0 saturated carbocycles. The summed E-state index contributed by atoms with van der Waals surface area (Å²) in [7, 11) is 0. The lowest BCUT2D eigenvalue weighted by molar-refractivity contribution is -0.123. The highest BCUT2D eigenvalue weighted by Crippen LogP contribution is 2.28. The zero-order chi connectivity index (χ0) is 19.1. The van der Waals surface area contributed by atoms with Gasteiger partial charge in [0, 0.05) is 24.7 Å². The molecule has 140 valence electrons. The minimum Gasteiger partial charge on any atom is -0.374 e. The summed E-state index contributed by atoms with van der Waals surface area (Å²) in [4.78, 5) is 34.2. The lowest BCUT2D eigenvalue weighted by Crippen LogP contribution is -2.38. The second kappa shape index (κ2) is 6.53. The van der Waals surface area contributed by atoms with Gasteiger partial charge in [-0.15, -0.1) is 0 Å². The van der Waals surface area contributed by atoms with Gasteiger partial charge in [-0.1, -0.05) is 12.1 Å². The number of aromatic amines is 1. The van der Waals surface area contributed by atoms with Gasteiger partial charge in [0.25, 0.3) is 5.91 Å². The van der Waals surface area contributed by atoms with Gasteiger partial charge in [0.2, 0.25) is 11.9 Å². The molecule has 4 rings (SSSR count). The minimum absolute atomic E-state index is 0.0832. The molecule has 0 unspecified atom stereocenters. The van der Waals surface area contributed by atoms with Crippen molar-refractivity contribution in [3.8, 4) is 0 Å². The van der Waals surface area contributed by atoms with Crippen molar-refractivity contribution in [2.75, 3.05) is 18.1 Å². The van der Waals surface area contributed by atoms with Crippen LogP contribution in [0.3, 0.4) is 0 Å². The van der Waals surface area contributed by atoms with Gasteiger partial charge in [-0.25, -0.2) is 4.98 Å². The van der Waals surface area contributed by atoms with Gasteiger partial charge < -0.3 is 15.6 Å². The fourth-order valence-electron chi connectivity index (χ4n) is 3.76. The van der Waals surface area contributed by atoms with Gasteiger partial charge in [-0.2, -0.15) is 10.1 Å². The third kappa shape index (κ3) is 2.97.